The summed E-state index contributed by atoms with van der Waals surface area (Å²) in [5.41, 5.74) is 4.11. The van der Waals surface area contributed by atoms with E-state index in [1.54, 1.807) is 0 Å². The molecule has 0 saturated carbocycles. The van der Waals surface area contributed by atoms with Crippen LogP contribution in [-0.4, -0.2) is 27.5 Å². The standard InChI is InChI=1S/C21H18ClN3O2/c1-13-12-14(2)25(23-13)21(26)20-18(15-8-10-17(22)11-9-15)19(24-27-20)16-6-4-3-5-7-16/h3-12,18,20H,1-2H3/t18-,20-/m0/s1. The van der Waals surface area contributed by atoms with Crippen LogP contribution in [0.5, 0.6) is 0 Å². The molecular formula is C21H18ClN3O2. The number of carbonyl (C=O) groups excluding carboxylic acids is 1. The Labute approximate surface area is 162 Å². The van der Waals surface area contributed by atoms with E-state index in [0.717, 1.165) is 28.2 Å². The molecule has 5 nitrogen and oxygen atoms in total. The minimum Gasteiger partial charge on any atom is -0.381 e. The van der Waals surface area contributed by atoms with Gasteiger partial charge in [-0.3, -0.25) is 4.79 Å². The molecule has 0 unspecified atom stereocenters. The molecule has 0 spiro atoms. The summed E-state index contributed by atoms with van der Waals surface area (Å²) in [6.07, 6.45) is -0.792. The SMILES string of the molecule is Cc1cc(C)n(C(=O)[C@H]2ON=C(c3ccccc3)[C@@H]2c2ccc(Cl)cc2)n1. The van der Waals surface area contributed by atoms with Crippen LogP contribution in [-0.2, 0) is 4.84 Å². The van der Waals surface area contributed by atoms with Gasteiger partial charge in [-0.1, -0.05) is 59.2 Å². The Hall–Kier alpha value is -2.92. The Kier molecular flexibility index (Phi) is 4.54. The highest BCUT2D eigenvalue weighted by atomic mass is 35.5. The predicted molar refractivity (Wildman–Crippen MR) is 104 cm³/mol. The molecule has 27 heavy (non-hydrogen) atoms. The molecule has 2 atom stereocenters. The fraction of sp³-hybridized carbons (Fsp3) is 0.190. The van der Waals surface area contributed by atoms with Crippen LogP contribution in [0.25, 0.3) is 0 Å². The van der Waals surface area contributed by atoms with Gasteiger partial charge in [-0.25, -0.2) is 4.68 Å². The number of rotatable bonds is 3. The van der Waals surface area contributed by atoms with Crippen LogP contribution in [0, 0.1) is 13.8 Å². The van der Waals surface area contributed by atoms with Crippen molar-refractivity contribution in [3.8, 4) is 0 Å². The fourth-order valence-electron chi connectivity index (χ4n) is 3.38. The largest absolute Gasteiger partial charge is 0.381 e. The van der Waals surface area contributed by atoms with Crippen molar-refractivity contribution in [3.63, 3.8) is 0 Å². The average molecular weight is 380 g/mol. The van der Waals surface area contributed by atoms with E-state index in [4.69, 9.17) is 16.4 Å². The molecule has 3 aromatic rings. The first kappa shape index (κ1) is 17.5. The number of hydrogen-bond donors (Lipinski definition) is 0. The van der Waals surface area contributed by atoms with Gasteiger partial charge in [0, 0.05) is 16.3 Å². The Morgan fingerprint density at radius 1 is 1.07 bits per heavy atom. The molecule has 1 aromatic heterocycles. The number of carbonyl (C=O) groups is 1. The topological polar surface area (TPSA) is 56.5 Å². The molecule has 6 heteroatoms. The average Bonchev–Trinajstić information content (AvgIpc) is 3.26. The minimum atomic E-state index is -0.792. The summed E-state index contributed by atoms with van der Waals surface area (Å²) < 4.78 is 1.40. The van der Waals surface area contributed by atoms with Gasteiger partial charge in [-0.2, -0.15) is 5.10 Å². The molecule has 0 fully saturated rings. The molecule has 136 valence electrons. The molecule has 1 aliphatic heterocycles. The summed E-state index contributed by atoms with van der Waals surface area (Å²) in [6, 6.07) is 19.0. The fourth-order valence-corrected chi connectivity index (χ4v) is 3.50. The molecule has 0 amide bonds. The van der Waals surface area contributed by atoms with Gasteiger partial charge in [-0.15, -0.1) is 0 Å². The maximum Gasteiger partial charge on any atom is 0.292 e. The smallest absolute Gasteiger partial charge is 0.292 e. The number of aryl methyl sites for hydroxylation is 2. The van der Waals surface area contributed by atoms with Crippen molar-refractivity contribution in [3.05, 3.63) is 88.2 Å². The Morgan fingerprint density at radius 3 is 2.41 bits per heavy atom. The molecule has 2 heterocycles. The first-order chi connectivity index (χ1) is 13.0. The maximum absolute atomic E-state index is 13.2. The third kappa shape index (κ3) is 3.26. The predicted octanol–water partition coefficient (Wildman–Crippen LogP) is 4.38. The lowest BCUT2D eigenvalue weighted by molar-refractivity contribution is 0.0414. The summed E-state index contributed by atoms with van der Waals surface area (Å²) in [6.45, 7) is 3.71. The second kappa shape index (κ2) is 7.00. The molecule has 0 aliphatic carbocycles. The number of aromatic nitrogens is 2. The zero-order valence-electron chi connectivity index (χ0n) is 15.0. The second-order valence-corrected chi connectivity index (χ2v) is 7.01. The summed E-state index contributed by atoms with van der Waals surface area (Å²) >= 11 is 6.05. The molecule has 0 bridgehead atoms. The van der Waals surface area contributed by atoms with Gasteiger partial charge in [0.25, 0.3) is 5.91 Å². The van der Waals surface area contributed by atoms with E-state index in [9.17, 15) is 4.79 Å². The van der Waals surface area contributed by atoms with Gasteiger partial charge in [-0.05, 0) is 37.6 Å². The van der Waals surface area contributed by atoms with Gasteiger partial charge in [0.15, 0.2) is 0 Å². The third-order valence-electron chi connectivity index (χ3n) is 4.62. The highest BCUT2D eigenvalue weighted by molar-refractivity contribution is 6.30. The third-order valence-corrected chi connectivity index (χ3v) is 4.87. The van der Waals surface area contributed by atoms with E-state index in [2.05, 4.69) is 10.3 Å². The molecule has 4 rings (SSSR count). The van der Waals surface area contributed by atoms with Crippen LogP contribution in [0.1, 0.15) is 33.2 Å². The highest BCUT2D eigenvalue weighted by Crippen LogP contribution is 2.34. The highest BCUT2D eigenvalue weighted by Gasteiger charge is 2.42. The van der Waals surface area contributed by atoms with Crippen LogP contribution >= 0.6 is 11.6 Å². The quantitative estimate of drug-likeness (QED) is 0.678. The molecule has 0 radical (unpaired) electrons. The van der Waals surface area contributed by atoms with Gasteiger partial charge < -0.3 is 4.84 Å². The van der Waals surface area contributed by atoms with Crippen molar-refractivity contribution in [1.29, 1.82) is 0 Å². The lowest BCUT2D eigenvalue weighted by Crippen LogP contribution is -2.35. The maximum atomic E-state index is 13.2. The van der Waals surface area contributed by atoms with E-state index >= 15 is 0 Å². The second-order valence-electron chi connectivity index (χ2n) is 6.57. The van der Waals surface area contributed by atoms with Crippen molar-refractivity contribution in [1.82, 2.24) is 9.78 Å². The minimum absolute atomic E-state index is 0.241. The van der Waals surface area contributed by atoms with E-state index in [1.165, 1.54) is 4.68 Å². The molecule has 0 N–H and O–H groups in total. The number of nitrogens with zero attached hydrogens (tertiary/aromatic N) is 3. The van der Waals surface area contributed by atoms with E-state index < -0.39 is 6.10 Å². The molecular weight excluding hydrogens is 362 g/mol. The van der Waals surface area contributed by atoms with Gasteiger partial charge in [0.05, 0.1) is 17.3 Å². The van der Waals surface area contributed by atoms with E-state index in [0.29, 0.717) is 5.02 Å². The van der Waals surface area contributed by atoms with Gasteiger partial charge in [0.1, 0.15) is 0 Å². The first-order valence-corrected chi connectivity index (χ1v) is 9.04. The normalized spacial score (nSPS) is 18.9. The number of hydrogen-bond acceptors (Lipinski definition) is 4. The van der Waals surface area contributed by atoms with E-state index in [-0.39, 0.29) is 11.8 Å². The van der Waals surface area contributed by atoms with Crippen molar-refractivity contribution in [2.45, 2.75) is 25.9 Å². The van der Waals surface area contributed by atoms with Crippen molar-refractivity contribution < 1.29 is 9.63 Å². The van der Waals surface area contributed by atoms with Crippen molar-refractivity contribution >= 4 is 23.2 Å². The monoisotopic (exact) mass is 379 g/mol. The zero-order valence-corrected chi connectivity index (χ0v) is 15.7. The molecule has 2 aromatic carbocycles. The van der Waals surface area contributed by atoms with Crippen LogP contribution in [0.15, 0.2) is 65.8 Å². The van der Waals surface area contributed by atoms with Crippen molar-refractivity contribution in [2.75, 3.05) is 0 Å². The lowest BCUT2D eigenvalue weighted by Gasteiger charge is -2.19. The Balaban J connectivity index is 1.76. The summed E-state index contributed by atoms with van der Waals surface area (Å²) in [7, 11) is 0. The Bertz CT molecular complexity index is 1010. The number of halogens is 1. The van der Waals surface area contributed by atoms with Crippen LogP contribution < -0.4 is 0 Å². The van der Waals surface area contributed by atoms with Crippen LogP contribution in [0.4, 0.5) is 0 Å². The van der Waals surface area contributed by atoms with Crippen molar-refractivity contribution in [2.24, 2.45) is 5.16 Å². The Morgan fingerprint density at radius 2 is 1.78 bits per heavy atom. The summed E-state index contributed by atoms with van der Waals surface area (Å²) in [4.78, 5) is 18.8. The first-order valence-electron chi connectivity index (χ1n) is 8.66. The van der Waals surface area contributed by atoms with Gasteiger partial charge >= 0.3 is 0 Å². The summed E-state index contributed by atoms with van der Waals surface area (Å²) in [5, 5.41) is 9.22. The zero-order chi connectivity index (χ0) is 19.0. The van der Waals surface area contributed by atoms with Crippen LogP contribution in [0.3, 0.4) is 0 Å². The van der Waals surface area contributed by atoms with Crippen LogP contribution in [0.2, 0.25) is 5.02 Å². The number of benzene rings is 2. The summed E-state index contributed by atoms with van der Waals surface area (Å²) in [5.74, 6) is -0.587. The molecule has 0 saturated heterocycles. The molecule has 1 aliphatic rings. The van der Waals surface area contributed by atoms with E-state index in [1.807, 2.05) is 74.5 Å². The lowest BCUT2D eigenvalue weighted by atomic mass is 9.86. The van der Waals surface area contributed by atoms with Gasteiger partial charge in [0.2, 0.25) is 6.10 Å². The number of oxime groups is 1.